The van der Waals surface area contributed by atoms with Gasteiger partial charge in [-0.3, -0.25) is 4.57 Å². The second kappa shape index (κ2) is 7.47. The van der Waals surface area contributed by atoms with Crippen molar-refractivity contribution in [1.29, 1.82) is 0 Å². The molecule has 0 bridgehead atoms. The Morgan fingerprint density at radius 3 is 2.79 bits per heavy atom. The largest absolute Gasteiger partial charge is 0.467 e. The van der Waals surface area contributed by atoms with Gasteiger partial charge in [0.1, 0.15) is 10.8 Å². The van der Waals surface area contributed by atoms with Crippen molar-refractivity contribution in [1.82, 2.24) is 40.0 Å². The van der Waals surface area contributed by atoms with Crippen LogP contribution in [0.1, 0.15) is 5.76 Å². The smallest absolute Gasteiger partial charge is 0.200 e. The van der Waals surface area contributed by atoms with E-state index >= 15 is 0 Å². The fourth-order valence-electron chi connectivity index (χ4n) is 2.72. The summed E-state index contributed by atoms with van der Waals surface area (Å²) in [5.74, 6) is 1.34. The Hall–Kier alpha value is -2.95. The highest BCUT2D eigenvalue weighted by Gasteiger charge is 2.19. The molecule has 12 heteroatoms. The molecular formula is C17H10Cl2N8OS. The van der Waals surface area contributed by atoms with Gasteiger partial charge in [-0.05, 0) is 64.7 Å². The number of halogens is 2. The normalized spacial score (nSPS) is 11.4. The molecule has 0 atom stereocenters. The van der Waals surface area contributed by atoms with Crippen molar-refractivity contribution in [2.75, 3.05) is 0 Å². The van der Waals surface area contributed by atoms with Gasteiger partial charge in [0, 0.05) is 10.6 Å². The van der Waals surface area contributed by atoms with Crippen LogP contribution in [0.4, 0.5) is 0 Å². The van der Waals surface area contributed by atoms with E-state index in [1.54, 1.807) is 24.5 Å². The molecule has 0 aliphatic heterocycles. The van der Waals surface area contributed by atoms with Gasteiger partial charge >= 0.3 is 0 Å². The van der Waals surface area contributed by atoms with Crippen LogP contribution in [0.5, 0.6) is 0 Å². The summed E-state index contributed by atoms with van der Waals surface area (Å²) in [5, 5.41) is 26.6. The Labute approximate surface area is 177 Å². The van der Waals surface area contributed by atoms with Gasteiger partial charge in [0.25, 0.3) is 0 Å². The molecule has 5 rings (SSSR count). The summed E-state index contributed by atoms with van der Waals surface area (Å²) < 4.78 is 8.77. The van der Waals surface area contributed by atoms with Crippen LogP contribution in [-0.4, -0.2) is 40.0 Å². The van der Waals surface area contributed by atoms with Gasteiger partial charge in [-0.15, -0.1) is 25.0 Å². The third-order valence-corrected chi connectivity index (χ3v) is 5.48. The number of fused-ring (bicyclic) bond motifs is 1. The maximum Gasteiger partial charge on any atom is 0.200 e. The zero-order valence-electron chi connectivity index (χ0n) is 14.5. The third kappa shape index (κ3) is 3.57. The number of nitrogens with zero attached hydrogens (tertiary/aromatic N) is 8. The summed E-state index contributed by atoms with van der Waals surface area (Å²) in [7, 11) is 0. The first-order valence-electron chi connectivity index (χ1n) is 8.32. The molecule has 0 saturated carbocycles. The summed E-state index contributed by atoms with van der Waals surface area (Å²) in [5.41, 5.74) is 1.27. The van der Waals surface area contributed by atoms with E-state index < -0.39 is 0 Å². The standard InChI is InChI=1S/C17H10Cl2N8OS/c18-10-3-4-12(13(19)8-10)16-21-22-17(26(16)9-11-2-1-7-28-11)29-15-6-5-14-20-24-25-27(14)23-15/h1-8H,9H2. The summed E-state index contributed by atoms with van der Waals surface area (Å²) in [4.78, 5) is 0. The van der Waals surface area contributed by atoms with Crippen molar-refractivity contribution >= 4 is 40.6 Å². The molecule has 144 valence electrons. The molecule has 0 amide bonds. The average Bonchev–Trinajstić information content (AvgIpc) is 3.45. The number of furan rings is 1. The van der Waals surface area contributed by atoms with Gasteiger partial charge in [-0.2, -0.15) is 0 Å². The molecule has 0 spiro atoms. The first kappa shape index (κ1) is 18.1. The number of tetrazole rings is 1. The van der Waals surface area contributed by atoms with Crippen LogP contribution in [-0.2, 0) is 6.54 Å². The van der Waals surface area contributed by atoms with E-state index in [0.717, 1.165) is 5.76 Å². The predicted octanol–water partition coefficient (Wildman–Crippen LogP) is 3.88. The van der Waals surface area contributed by atoms with Gasteiger partial charge in [0.05, 0.1) is 17.8 Å². The lowest BCUT2D eigenvalue weighted by atomic mass is 10.2. The lowest BCUT2D eigenvalue weighted by Gasteiger charge is -2.10. The fourth-order valence-corrected chi connectivity index (χ4v) is 3.99. The van der Waals surface area contributed by atoms with Crippen molar-refractivity contribution in [2.45, 2.75) is 16.7 Å². The number of aromatic nitrogens is 8. The summed E-state index contributed by atoms with van der Waals surface area (Å²) >= 11 is 13.8. The minimum atomic E-state index is 0.420. The van der Waals surface area contributed by atoms with Gasteiger partial charge in [0.2, 0.25) is 0 Å². The zero-order valence-corrected chi connectivity index (χ0v) is 16.8. The highest BCUT2D eigenvalue weighted by atomic mass is 35.5. The summed E-state index contributed by atoms with van der Waals surface area (Å²) in [6.07, 6.45) is 1.62. The van der Waals surface area contributed by atoms with Crippen LogP contribution in [0.15, 0.2) is 63.3 Å². The molecule has 0 aliphatic carbocycles. The van der Waals surface area contributed by atoms with Gasteiger partial charge in [0.15, 0.2) is 16.6 Å². The second-order valence-electron chi connectivity index (χ2n) is 5.90. The Kier molecular flexibility index (Phi) is 4.66. The second-order valence-corrected chi connectivity index (χ2v) is 7.73. The van der Waals surface area contributed by atoms with Crippen molar-refractivity contribution in [2.24, 2.45) is 0 Å². The molecule has 1 aromatic carbocycles. The van der Waals surface area contributed by atoms with Crippen molar-refractivity contribution in [3.63, 3.8) is 0 Å². The van der Waals surface area contributed by atoms with Crippen molar-refractivity contribution in [3.8, 4) is 11.4 Å². The summed E-state index contributed by atoms with van der Waals surface area (Å²) in [6.45, 7) is 0.420. The third-order valence-electron chi connectivity index (χ3n) is 4.02. The van der Waals surface area contributed by atoms with E-state index in [2.05, 4.69) is 30.8 Å². The number of hydrogen-bond donors (Lipinski definition) is 0. The summed E-state index contributed by atoms with van der Waals surface area (Å²) in [6, 6.07) is 12.5. The molecule has 4 heterocycles. The molecule has 0 N–H and O–H groups in total. The maximum absolute atomic E-state index is 6.41. The van der Waals surface area contributed by atoms with E-state index in [1.807, 2.05) is 28.8 Å². The molecule has 0 fully saturated rings. The molecule has 5 aromatic rings. The molecule has 0 aliphatic rings. The monoisotopic (exact) mass is 444 g/mol. The van der Waals surface area contributed by atoms with Crippen LogP contribution in [0.3, 0.4) is 0 Å². The molecule has 9 nitrogen and oxygen atoms in total. The first-order chi connectivity index (χ1) is 14.2. The molecule has 0 radical (unpaired) electrons. The molecule has 0 unspecified atom stereocenters. The van der Waals surface area contributed by atoms with Crippen LogP contribution in [0, 0.1) is 0 Å². The average molecular weight is 445 g/mol. The fraction of sp³-hybridized carbons (Fsp3) is 0.0588. The lowest BCUT2D eigenvalue weighted by Crippen LogP contribution is -2.04. The van der Waals surface area contributed by atoms with E-state index in [4.69, 9.17) is 27.6 Å². The van der Waals surface area contributed by atoms with Gasteiger partial charge < -0.3 is 4.42 Å². The van der Waals surface area contributed by atoms with E-state index in [1.165, 1.54) is 16.4 Å². The van der Waals surface area contributed by atoms with Crippen LogP contribution in [0.2, 0.25) is 10.0 Å². The Bertz CT molecular complexity index is 1300. The molecule has 4 aromatic heterocycles. The van der Waals surface area contributed by atoms with Crippen LogP contribution >= 0.6 is 35.0 Å². The van der Waals surface area contributed by atoms with Crippen LogP contribution in [0.25, 0.3) is 17.0 Å². The minimum Gasteiger partial charge on any atom is -0.467 e. The molecular weight excluding hydrogens is 435 g/mol. The van der Waals surface area contributed by atoms with Crippen molar-refractivity contribution < 1.29 is 4.42 Å². The van der Waals surface area contributed by atoms with Gasteiger partial charge in [-0.1, -0.05) is 23.2 Å². The highest BCUT2D eigenvalue weighted by Crippen LogP contribution is 2.33. The Balaban J connectivity index is 1.58. The zero-order chi connectivity index (χ0) is 19.8. The molecule has 29 heavy (non-hydrogen) atoms. The van der Waals surface area contributed by atoms with E-state index in [0.29, 0.717) is 43.8 Å². The Morgan fingerprint density at radius 2 is 1.97 bits per heavy atom. The topological polar surface area (TPSA) is 99.8 Å². The number of rotatable bonds is 5. The molecule has 0 saturated heterocycles. The van der Waals surface area contributed by atoms with Gasteiger partial charge in [-0.25, -0.2) is 0 Å². The number of hydrogen-bond acceptors (Lipinski definition) is 8. The quantitative estimate of drug-likeness (QED) is 0.402. The maximum atomic E-state index is 6.41. The SMILES string of the molecule is Clc1ccc(-c2nnc(Sc3ccc4nnnn4n3)n2Cc2ccco2)c(Cl)c1. The first-order valence-corrected chi connectivity index (χ1v) is 9.89. The highest BCUT2D eigenvalue weighted by molar-refractivity contribution is 7.99. The van der Waals surface area contributed by atoms with E-state index in [-0.39, 0.29) is 0 Å². The minimum absolute atomic E-state index is 0.420. The van der Waals surface area contributed by atoms with Crippen molar-refractivity contribution in [3.05, 3.63) is 64.5 Å². The van der Waals surface area contributed by atoms with E-state index in [9.17, 15) is 0 Å². The number of benzene rings is 1. The predicted molar refractivity (Wildman–Crippen MR) is 106 cm³/mol. The van der Waals surface area contributed by atoms with Crippen LogP contribution < -0.4 is 0 Å². The Morgan fingerprint density at radius 1 is 1.03 bits per heavy atom. The lowest BCUT2D eigenvalue weighted by molar-refractivity contribution is 0.485.